The Morgan fingerprint density at radius 3 is 2.40 bits per heavy atom. The van der Waals surface area contributed by atoms with E-state index in [1.165, 1.54) is 0 Å². The molecule has 1 aliphatic rings. The third kappa shape index (κ3) is 10.2. The number of rotatable bonds is 16. The van der Waals surface area contributed by atoms with Gasteiger partial charge in [-0.3, -0.25) is 14.5 Å². The summed E-state index contributed by atoms with van der Waals surface area (Å²) in [5.41, 5.74) is 6.16. The fourth-order valence-corrected chi connectivity index (χ4v) is 6.08. The molecule has 0 saturated carbocycles. The molecular formula is C42H46N4O6. The van der Waals surface area contributed by atoms with Crippen LogP contribution in [0.15, 0.2) is 109 Å². The van der Waals surface area contributed by atoms with E-state index < -0.39 is 0 Å². The quantitative estimate of drug-likeness (QED) is 0.0879. The van der Waals surface area contributed by atoms with Gasteiger partial charge >= 0.3 is 0 Å². The lowest BCUT2D eigenvalue weighted by atomic mass is 10.0. The van der Waals surface area contributed by atoms with Gasteiger partial charge in [0, 0.05) is 69.4 Å². The maximum absolute atomic E-state index is 13.4. The number of ether oxygens (including phenoxy) is 4. The Bertz CT molecular complexity index is 1940. The molecule has 0 bridgehead atoms. The summed E-state index contributed by atoms with van der Waals surface area (Å²) in [6.07, 6.45) is 0. The predicted molar refractivity (Wildman–Crippen MR) is 204 cm³/mol. The van der Waals surface area contributed by atoms with Gasteiger partial charge in [0.25, 0.3) is 11.8 Å². The van der Waals surface area contributed by atoms with Crippen molar-refractivity contribution in [2.24, 2.45) is 0 Å². The van der Waals surface area contributed by atoms with Crippen LogP contribution in [-0.4, -0.2) is 95.2 Å². The Balaban J connectivity index is 1.02. The Kier molecular flexibility index (Phi) is 12.9. The summed E-state index contributed by atoms with van der Waals surface area (Å²) in [5, 5.41) is 8.39. The average molecular weight is 703 g/mol. The van der Waals surface area contributed by atoms with Gasteiger partial charge < -0.3 is 34.5 Å². The van der Waals surface area contributed by atoms with Gasteiger partial charge in [-0.25, -0.2) is 0 Å². The molecule has 1 heterocycles. The van der Waals surface area contributed by atoms with Crippen molar-refractivity contribution in [1.29, 1.82) is 0 Å². The SMILES string of the molecule is COCCOCOc1ccc2cc(C(=O)N(C)Cc3cccc(-c4ccc(Nc5cccc(C(=O)NCCN6CCOCC6)c5)cc4)c3)ccc2c1. The van der Waals surface area contributed by atoms with E-state index in [0.29, 0.717) is 43.2 Å². The molecule has 52 heavy (non-hydrogen) atoms. The molecule has 1 aliphatic heterocycles. The first-order valence-electron chi connectivity index (χ1n) is 17.6. The largest absolute Gasteiger partial charge is 0.468 e. The van der Waals surface area contributed by atoms with Crippen LogP contribution in [0.25, 0.3) is 21.9 Å². The zero-order chi connectivity index (χ0) is 36.1. The van der Waals surface area contributed by atoms with Crippen molar-refractivity contribution < 1.29 is 28.5 Å². The van der Waals surface area contributed by atoms with Crippen LogP contribution < -0.4 is 15.4 Å². The molecule has 10 heteroatoms. The summed E-state index contributed by atoms with van der Waals surface area (Å²) in [7, 11) is 3.45. The number of benzene rings is 5. The van der Waals surface area contributed by atoms with Gasteiger partial charge in [0.15, 0.2) is 6.79 Å². The molecule has 0 radical (unpaired) electrons. The van der Waals surface area contributed by atoms with Crippen molar-refractivity contribution in [2.75, 3.05) is 78.9 Å². The van der Waals surface area contributed by atoms with E-state index >= 15 is 0 Å². The van der Waals surface area contributed by atoms with E-state index in [1.807, 2.05) is 92.0 Å². The van der Waals surface area contributed by atoms with E-state index in [9.17, 15) is 9.59 Å². The Morgan fingerprint density at radius 1 is 0.788 bits per heavy atom. The lowest BCUT2D eigenvalue weighted by molar-refractivity contribution is -0.00841. The normalized spacial score (nSPS) is 13.1. The first-order chi connectivity index (χ1) is 25.4. The first kappa shape index (κ1) is 36.5. The molecule has 0 unspecified atom stereocenters. The van der Waals surface area contributed by atoms with Gasteiger partial charge in [0.05, 0.1) is 26.4 Å². The van der Waals surface area contributed by atoms with E-state index in [-0.39, 0.29) is 18.6 Å². The van der Waals surface area contributed by atoms with Crippen LogP contribution in [0.3, 0.4) is 0 Å². The smallest absolute Gasteiger partial charge is 0.253 e. The van der Waals surface area contributed by atoms with E-state index in [2.05, 4.69) is 39.8 Å². The molecule has 5 aromatic carbocycles. The topological polar surface area (TPSA) is 102 Å². The second kappa shape index (κ2) is 18.3. The second-order valence-corrected chi connectivity index (χ2v) is 12.7. The van der Waals surface area contributed by atoms with E-state index in [0.717, 1.165) is 71.7 Å². The number of nitrogens with zero attached hydrogens (tertiary/aromatic N) is 2. The van der Waals surface area contributed by atoms with Crippen LogP contribution >= 0.6 is 0 Å². The van der Waals surface area contributed by atoms with Crippen LogP contribution in [0.1, 0.15) is 26.3 Å². The van der Waals surface area contributed by atoms with Crippen molar-refractivity contribution in [1.82, 2.24) is 15.1 Å². The van der Waals surface area contributed by atoms with Crippen molar-refractivity contribution in [3.05, 3.63) is 126 Å². The van der Waals surface area contributed by atoms with Crippen LogP contribution in [-0.2, 0) is 20.8 Å². The number of fused-ring (bicyclic) bond motifs is 1. The fourth-order valence-electron chi connectivity index (χ4n) is 6.08. The van der Waals surface area contributed by atoms with Crippen molar-refractivity contribution in [3.8, 4) is 16.9 Å². The lowest BCUT2D eigenvalue weighted by Crippen LogP contribution is -2.41. The highest BCUT2D eigenvalue weighted by Gasteiger charge is 2.14. The Morgan fingerprint density at radius 2 is 1.58 bits per heavy atom. The minimum Gasteiger partial charge on any atom is -0.468 e. The number of amides is 2. The monoisotopic (exact) mass is 702 g/mol. The molecule has 0 aliphatic carbocycles. The highest BCUT2D eigenvalue weighted by atomic mass is 16.7. The van der Waals surface area contributed by atoms with Gasteiger partial charge in [-0.05, 0) is 88.1 Å². The minimum atomic E-state index is -0.0854. The van der Waals surface area contributed by atoms with Gasteiger partial charge in [0.1, 0.15) is 5.75 Å². The summed E-state index contributed by atoms with van der Waals surface area (Å²) in [6, 6.07) is 35.4. The van der Waals surface area contributed by atoms with Crippen molar-refractivity contribution >= 4 is 34.0 Å². The Labute approximate surface area is 305 Å². The fraction of sp³-hybridized carbons (Fsp3) is 0.286. The van der Waals surface area contributed by atoms with E-state index in [4.69, 9.17) is 18.9 Å². The molecule has 5 aromatic rings. The maximum Gasteiger partial charge on any atom is 0.253 e. The van der Waals surface area contributed by atoms with Crippen molar-refractivity contribution in [2.45, 2.75) is 6.54 Å². The zero-order valence-corrected chi connectivity index (χ0v) is 29.8. The number of hydrogen-bond donors (Lipinski definition) is 2. The zero-order valence-electron chi connectivity index (χ0n) is 29.8. The molecular weight excluding hydrogens is 656 g/mol. The first-order valence-corrected chi connectivity index (χ1v) is 17.6. The molecule has 270 valence electrons. The van der Waals surface area contributed by atoms with Gasteiger partial charge in [0.2, 0.25) is 0 Å². The van der Waals surface area contributed by atoms with Crippen LogP contribution in [0, 0.1) is 0 Å². The number of methoxy groups -OCH3 is 1. The third-order valence-corrected chi connectivity index (χ3v) is 8.94. The number of carbonyl (C=O) groups is 2. The molecule has 2 N–H and O–H groups in total. The summed E-state index contributed by atoms with van der Waals surface area (Å²) in [5.74, 6) is 0.565. The molecule has 6 rings (SSSR count). The summed E-state index contributed by atoms with van der Waals surface area (Å²) >= 11 is 0. The molecule has 1 fully saturated rings. The van der Waals surface area contributed by atoms with Crippen LogP contribution in [0.5, 0.6) is 5.75 Å². The molecule has 0 spiro atoms. The number of carbonyl (C=O) groups excluding carboxylic acids is 2. The molecule has 10 nitrogen and oxygen atoms in total. The molecule has 1 saturated heterocycles. The summed E-state index contributed by atoms with van der Waals surface area (Å²) in [4.78, 5) is 30.3. The average Bonchev–Trinajstić information content (AvgIpc) is 3.18. The maximum atomic E-state index is 13.4. The molecule has 0 aromatic heterocycles. The summed E-state index contributed by atoms with van der Waals surface area (Å²) in [6.45, 7) is 6.30. The predicted octanol–water partition coefficient (Wildman–Crippen LogP) is 6.58. The lowest BCUT2D eigenvalue weighted by Gasteiger charge is -2.26. The van der Waals surface area contributed by atoms with Gasteiger partial charge in [-0.1, -0.05) is 48.5 Å². The second-order valence-electron chi connectivity index (χ2n) is 12.7. The van der Waals surface area contributed by atoms with Gasteiger partial charge in [-0.2, -0.15) is 0 Å². The number of anilines is 2. The molecule has 2 amide bonds. The third-order valence-electron chi connectivity index (χ3n) is 8.94. The highest BCUT2D eigenvalue weighted by molar-refractivity contribution is 5.99. The van der Waals surface area contributed by atoms with E-state index in [1.54, 1.807) is 12.0 Å². The summed E-state index contributed by atoms with van der Waals surface area (Å²) < 4.78 is 21.4. The minimum absolute atomic E-state index is 0.0517. The van der Waals surface area contributed by atoms with Crippen LogP contribution in [0.4, 0.5) is 11.4 Å². The van der Waals surface area contributed by atoms with Crippen molar-refractivity contribution in [3.63, 3.8) is 0 Å². The number of morpholine rings is 1. The van der Waals surface area contributed by atoms with Crippen LogP contribution in [0.2, 0.25) is 0 Å². The van der Waals surface area contributed by atoms with Gasteiger partial charge in [-0.15, -0.1) is 0 Å². The number of nitrogens with one attached hydrogen (secondary N) is 2. The standard InChI is InChI=1S/C42H46N4O6/c1-45(42(48)37-10-9-35-28-40(16-13-34(35)26-37)52-30-51-24-23-49-2)29-31-5-3-6-33(25-31)32-11-14-38(15-12-32)44-39-8-4-7-36(27-39)41(47)43-17-18-46-19-21-50-22-20-46/h3-16,25-28,44H,17-24,29-30H2,1-2H3,(H,43,47). The number of hydrogen-bond acceptors (Lipinski definition) is 8. The molecule has 0 atom stereocenters. The Hall–Kier alpha value is -5.26. The highest BCUT2D eigenvalue weighted by Crippen LogP contribution is 2.26.